The van der Waals surface area contributed by atoms with Crippen molar-refractivity contribution in [1.29, 1.82) is 0 Å². The SMILES string of the molecule is C[C@@H](N)c1ccc2nc(-c3ccc(Oc4cccc(OCc5ccccc5)c4)cn3)oc2c1. The van der Waals surface area contributed by atoms with Crippen LogP contribution in [0, 0.1) is 0 Å². The Morgan fingerprint density at radius 3 is 2.52 bits per heavy atom. The fraction of sp³-hybridized carbons (Fsp3) is 0.111. The lowest BCUT2D eigenvalue weighted by atomic mass is 10.1. The third-order valence-corrected chi connectivity index (χ3v) is 5.18. The van der Waals surface area contributed by atoms with E-state index in [0.717, 1.165) is 22.4 Å². The van der Waals surface area contributed by atoms with Gasteiger partial charge in [-0.05, 0) is 54.4 Å². The second-order valence-corrected chi connectivity index (χ2v) is 7.77. The number of aromatic nitrogens is 2. The van der Waals surface area contributed by atoms with E-state index < -0.39 is 0 Å². The lowest BCUT2D eigenvalue weighted by Gasteiger charge is -2.09. The molecule has 164 valence electrons. The molecule has 0 radical (unpaired) electrons. The zero-order valence-corrected chi connectivity index (χ0v) is 18.1. The summed E-state index contributed by atoms with van der Waals surface area (Å²) < 4.78 is 17.7. The van der Waals surface area contributed by atoms with Crippen LogP contribution < -0.4 is 15.2 Å². The Labute approximate surface area is 191 Å². The maximum Gasteiger partial charge on any atom is 0.246 e. The first kappa shape index (κ1) is 20.7. The molecule has 0 aliphatic carbocycles. The van der Waals surface area contributed by atoms with Gasteiger partial charge in [0.15, 0.2) is 5.58 Å². The summed E-state index contributed by atoms with van der Waals surface area (Å²) in [5.74, 6) is 2.46. The number of hydrogen-bond donors (Lipinski definition) is 1. The molecule has 0 spiro atoms. The lowest BCUT2D eigenvalue weighted by molar-refractivity contribution is 0.304. The van der Waals surface area contributed by atoms with Crippen LogP contribution in [0.2, 0.25) is 0 Å². The maximum atomic E-state index is 5.96. The van der Waals surface area contributed by atoms with Gasteiger partial charge in [-0.1, -0.05) is 42.5 Å². The van der Waals surface area contributed by atoms with E-state index in [-0.39, 0.29) is 6.04 Å². The van der Waals surface area contributed by atoms with E-state index in [4.69, 9.17) is 19.6 Å². The second kappa shape index (κ2) is 9.14. The monoisotopic (exact) mass is 437 g/mol. The molecule has 0 saturated carbocycles. The topological polar surface area (TPSA) is 83.4 Å². The molecule has 0 amide bonds. The molecular weight excluding hydrogens is 414 g/mol. The van der Waals surface area contributed by atoms with Crippen LogP contribution >= 0.6 is 0 Å². The number of pyridine rings is 1. The van der Waals surface area contributed by atoms with Gasteiger partial charge in [0.25, 0.3) is 0 Å². The lowest BCUT2D eigenvalue weighted by Crippen LogP contribution is -2.04. The highest BCUT2D eigenvalue weighted by atomic mass is 16.5. The van der Waals surface area contributed by atoms with E-state index in [1.54, 1.807) is 6.20 Å². The molecular formula is C27H23N3O3. The Bertz CT molecular complexity index is 1360. The summed E-state index contributed by atoms with van der Waals surface area (Å²) in [4.78, 5) is 8.99. The molecule has 2 aromatic heterocycles. The minimum atomic E-state index is -0.0697. The molecule has 0 unspecified atom stereocenters. The van der Waals surface area contributed by atoms with Gasteiger partial charge in [0, 0.05) is 12.1 Å². The summed E-state index contributed by atoms with van der Waals surface area (Å²) in [7, 11) is 0. The molecule has 0 saturated heterocycles. The number of nitrogens with zero attached hydrogens (tertiary/aromatic N) is 2. The molecule has 6 nitrogen and oxygen atoms in total. The Kier molecular flexibility index (Phi) is 5.74. The van der Waals surface area contributed by atoms with E-state index in [2.05, 4.69) is 9.97 Å². The number of ether oxygens (including phenoxy) is 2. The first-order chi connectivity index (χ1) is 16.1. The highest BCUT2D eigenvalue weighted by Crippen LogP contribution is 2.28. The third-order valence-electron chi connectivity index (χ3n) is 5.18. The molecule has 0 fully saturated rings. The van der Waals surface area contributed by atoms with Crippen LogP contribution in [0.25, 0.3) is 22.7 Å². The number of fused-ring (bicyclic) bond motifs is 1. The maximum absolute atomic E-state index is 5.96. The van der Waals surface area contributed by atoms with Crippen molar-refractivity contribution in [3.8, 4) is 28.8 Å². The highest BCUT2D eigenvalue weighted by molar-refractivity contribution is 5.76. The molecule has 0 aliphatic rings. The van der Waals surface area contributed by atoms with E-state index in [1.165, 1.54) is 0 Å². The van der Waals surface area contributed by atoms with Gasteiger partial charge in [-0.3, -0.25) is 0 Å². The molecule has 6 heteroatoms. The van der Waals surface area contributed by atoms with Gasteiger partial charge in [0.2, 0.25) is 5.89 Å². The van der Waals surface area contributed by atoms with Crippen molar-refractivity contribution in [2.24, 2.45) is 5.73 Å². The van der Waals surface area contributed by atoms with Crippen LogP contribution in [0.15, 0.2) is 95.5 Å². The van der Waals surface area contributed by atoms with E-state index in [1.807, 2.05) is 91.9 Å². The first-order valence-electron chi connectivity index (χ1n) is 10.7. The van der Waals surface area contributed by atoms with E-state index in [0.29, 0.717) is 35.3 Å². The number of benzene rings is 3. The molecule has 2 heterocycles. The normalized spacial score (nSPS) is 11.9. The summed E-state index contributed by atoms with van der Waals surface area (Å²) in [5, 5.41) is 0. The largest absolute Gasteiger partial charge is 0.489 e. The average molecular weight is 437 g/mol. The smallest absolute Gasteiger partial charge is 0.246 e. The summed E-state index contributed by atoms with van der Waals surface area (Å²) in [5.41, 5.74) is 10.1. The predicted molar refractivity (Wildman–Crippen MR) is 127 cm³/mol. The van der Waals surface area contributed by atoms with Crippen molar-refractivity contribution in [3.63, 3.8) is 0 Å². The number of hydrogen-bond acceptors (Lipinski definition) is 6. The molecule has 5 aromatic rings. The molecule has 0 aliphatic heterocycles. The van der Waals surface area contributed by atoms with Gasteiger partial charge in [-0.25, -0.2) is 9.97 Å². The Balaban J connectivity index is 1.28. The van der Waals surface area contributed by atoms with Crippen LogP contribution in [-0.2, 0) is 6.61 Å². The molecule has 5 rings (SSSR count). The quantitative estimate of drug-likeness (QED) is 0.323. The summed E-state index contributed by atoms with van der Waals surface area (Å²) in [6.07, 6.45) is 1.65. The van der Waals surface area contributed by atoms with Gasteiger partial charge in [0.05, 0.1) is 6.20 Å². The van der Waals surface area contributed by atoms with Crippen LogP contribution in [0.3, 0.4) is 0 Å². The summed E-state index contributed by atoms with van der Waals surface area (Å²) in [6, 6.07) is 26.9. The van der Waals surface area contributed by atoms with Crippen molar-refractivity contribution in [2.45, 2.75) is 19.6 Å². The van der Waals surface area contributed by atoms with Crippen molar-refractivity contribution < 1.29 is 13.9 Å². The fourth-order valence-corrected chi connectivity index (χ4v) is 3.41. The highest BCUT2D eigenvalue weighted by Gasteiger charge is 2.12. The van der Waals surface area contributed by atoms with Gasteiger partial charge < -0.3 is 19.6 Å². The molecule has 1 atom stereocenters. The van der Waals surface area contributed by atoms with Crippen LogP contribution in [0.4, 0.5) is 0 Å². The minimum absolute atomic E-state index is 0.0697. The van der Waals surface area contributed by atoms with Gasteiger partial charge in [-0.2, -0.15) is 0 Å². The second-order valence-electron chi connectivity index (χ2n) is 7.77. The van der Waals surface area contributed by atoms with Gasteiger partial charge in [-0.15, -0.1) is 0 Å². The number of nitrogens with two attached hydrogens (primary N) is 1. The van der Waals surface area contributed by atoms with Gasteiger partial charge >= 0.3 is 0 Å². The standard InChI is InChI=1S/C27H23N3O3/c1-18(28)20-10-12-24-26(14-20)33-27(30-24)25-13-11-23(16-29-25)32-22-9-5-8-21(15-22)31-17-19-6-3-2-4-7-19/h2-16,18H,17,28H2,1H3/t18-/m1/s1. The summed E-state index contributed by atoms with van der Waals surface area (Å²) >= 11 is 0. The molecule has 0 bridgehead atoms. The zero-order chi connectivity index (χ0) is 22.6. The van der Waals surface area contributed by atoms with Crippen molar-refractivity contribution in [2.75, 3.05) is 0 Å². The third kappa shape index (κ3) is 4.86. The van der Waals surface area contributed by atoms with Gasteiger partial charge in [0.1, 0.15) is 35.1 Å². The van der Waals surface area contributed by atoms with Crippen molar-refractivity contribution in [3.05, 3.63) is 102 Å². The minimum Gasteiger partial charge on any atom is -0.489 e. The zero-order valence-electron chi connectivity index (χ0n) is 18.1. The first-order valence-corrected chi connectivity index (χ1v) is 10.7. The predicted octanol–water partition coefficient (Wildman–Crippen LogP) is 6.28. The van der Waals surface area contributed by atoms with Crippen molar-refractivity contribution >= 4 is 11.1 Å². The van der Waals surface area contributed by atoms with E-state index >= 15 is 0 Å². The fourth-order valence-electron chi connectivity index (χ4n) is 3.41. The Morgan fingerprint density at radius 1 is 0.879 bits per heavy atom. The Morgan fingerprint density at radius 2 is 1.73 bits per heavy atom. The number of rotatable bonds is 7. The molecule has 33 heavy (non-hydrogen) atoms. The molecule has 3 aromatic carbocycles. The van der Waals surface area contributed by atoms with E-state index in [9.17, 15) is 0 Å². The van der Waals surface area contributed by atoms with Crippen LogP contribution in [0.5, 0.6) is 17.2 Å². The van der Waals surface area contributed by atoms with Crippen LogP contribution in [0.1, 0.15) is 24.1 Å². The summed E-state index contributed by atoms with van der Waals surface area (Å²) in [6.45, 7) is 2.43. The average Bonchev–Trinajstić information content (AvgIpc) is 3.28. The Hall–Kier alpha value is -4.16. The van der Waals surface area contributed by atoms with Crippen LogP contribution in [-0.4, -0.2) is 9.97 Å². The molecule has 2 N–H and O–H groups in total. The van der Waals surface area contributed by atoms with Crippen molar-refractivity contribution in [1.82, 2.24) is 9.97 Å². The number of oxazole rings is 1.